The maximum absolute atomic E-state index is 12.3. The van der Waals surface area contributed by atoms with Crippen LogP contribution in [0.15, 0.2) is 65.6 Å². The highest BCUT2D eigenvalue weighted by molar-refractivity contribution is 5.80. The van der Waals surface area contributed by atoms with Gasteiger partial charge < -0.3 is 5.32 Å². The highest BCUT2D eigenvalue weighted by Crippen LogP contribution is 2.06. The molecule has 3 aromatic rings. The lowest BCUT2D eigenvalue weighted by Gasteiger charge is -2.07. The highest BCUT2D eigenvalue weighted by atomic mass is 16.1. The van der Waals surface area contributed by atoms with Crippen LogP contribution in [-0.4, -0.2) is 16.3 Å². The van der Waals surface area contributed by atoms with E-state index in [4.69, 9.17) is 0 Å². The Morgan fingerprint density at radius 3 is 2.62 bits per heavy atom. The first kappa shape index (κ1) is 13.5. The van der Waals surface area contributed by atoms with Crippen molar-refractivity contribution >= 4 is 10.8 Å². The maximum atomic E-state index is 12.3. The summed E-state index contributed by atoms with van der Waals surface area (Å²) in [6, 6.07) is 17.7. The Kier molecular flexibility index (Phi) is 4.07. The van der Waals surface area contributed by atoms with Crippen molar-refractivity contribution in [1.29, 1.82) is 0 Å². The van der Waals surface area contributed by atoms with E-state index < -0.39 is 0 Å². The third-order valence-electron chi connectivity index (χ3n) is 3.43. The van der Waals surface area contributed by atoms with Gasteiger partial charge >= 0.3 is 0 Å². The number of fused-ring (bicyclic) bond motifs is 1. The minimum Gasteiger partial charge on any atom is -0.311 e. The lowest BCUT2D eigenvalue weighted by atomic mass is 10.2. The summed E-state index contributed by atoms with van der Waals surface area (Å²) >= 11 is 0. The number of nitrogens with one attached hydrogen (secondary N) is 1. The van der Waals surface area contributed by atoms with Gasteiger partial charge in [-0.2, -0.15) is 5.10 Å². The summed E-state index contributed by atoms with van der Waals surface area (Å²) in [6.07, 6.45) is 1.74. The summed E-state index contributed by atoms with van der Waals surface area (Å²) in [5, 5.41) is 9.14. The zero-order chi connectivity index (χ0) is 14.5. The minimum absolute atomic E-state index is 0.0328. The fourth-order valence-electron chi connectivity index (χ4n) is 2.30. The van der Waals surface area contributed by atoms with E-state index in [9.17, 15) is 4.79 Å². The molecule has 3 rings (SSSR count). The second-order valence-corrected chi connectivity index (χ2v) is 4.92. The second-order valence-electron chi connectivity index (χ2n) is 4.92. The molecule has 4 heteroatoms. The molecule has 1 N–H and O–H groups in total. The molecule has 0 atom stereocenters. The summed E-state index contributed by atoms with van der Waals surface area (Å²) in [6.45, 7) is 2.07. The van der Waals surface area contributed by atoms with Gasteiger partial charge in [0.25, 0.3) is 5.56 Å². The maximum Gasteiger partial charge on any atom is 0.274 e. The molecule has 0 saturated heterocycles. The molecule has 0 spiro atoms. The molecule has 0 amide bonds. The van der Waals surface area contributed by atoms with Crippen LogP contribution in [-0.2, 0) is 13.1 Å². The first-order chi connectivity index (χ1) is 10.3. The molecule has 0 aliphatic rings. The average Bonchev–Trinajstić information content (AvgIpc) is 2.55. The molecular formula is C17H17N3O. The van der Waals surface area contributed by atoms with Gasteiger partial charge in [-0.05, 0) is 11.6 Å². The van der Waals surface area contributed by atoms with E-state index in [2.05, 4.69) is 22.5 Å². The zero-order valence-corrected chi connectivity index (χ0v) is 11.7. The van der Waals surface area contributed by atoms with Crippen LogP contribution >= 0.6 is 0 Å². The van der Waals surface area contributed by atoms with Crippen molar-refractivity contribution in [1.82, 2.24) is 15.1 Å². The number of rotatable bonds is 5. The van der Waals surface area contributed by atoms with Crippen LogP contribution in [0.3, 0.4) is 0 Å². The van der Waals surface area contributed by atoms with E-state index in [0.717, 1.165) is 17.3 Å². The molecule has 0 radical (unpaired) electrons. The fraction of sp³-hybridized carbons (Fsp3) is 0.176. The fourth-order valence-corrected chi connectivity index (χ4v) is 2.30. The van der Waals surface area contributed by atoms with E-state index >= 15 is 0 Å². The quantitative estimate of drug-likeness (QED) is 0.728. The van der Waals surface area contributed by atoms with Crippen molar-refractivity contribution in [3.05, 3.63) is 76.7 Å². The summed E-state index contributed by atoms with van der Waals surface area (Å²) in [4.78, 5) is 12.3. The Morgan fingerprint density at radius 1 is 1.00 bits per heavy atom. The Labute approximate surface area is 123 Å². The molecule has 4 nitrogen and oxygen atoms in total. The molecule has 2 aromatic carbocycles. The lowest BCUT2D eigenvalue weighted by Crippen LogP contribution is -2.28. The lowest BCUT2D eigenvalue weighted by molar-refractivity contribution is 0.536. The van der Waals surface area contributed by atoms with Gasteiger partial charge in [0.05, 0.1) is 18.1 Å². The summed E-state index contributed by atoms with van der Waals surface area (Å²) in [5.74, 6) is 0. The molecule has 0 bridgehead atoms. The third kappa shape index (κ3) is 3.17. The molecule has 1 heterocycles. The normalized spacial score (nSPS) is 10.9. The number of aromatic nitrogens is 2. The molecule has 0 fully saturated rings. The summed E-state index contributed by atoms with van der Waals surface area (Å²) in [7, 11) is 0. The second kappa shape index (κ2) is 6.33. The van der Waals surface area contributed by atoms with Crippen LogP contribution < -0.4 is 10.9 Å². The molecular weight excluding hydrogens is 262 g/mol. The van der Waals surface area contributed by atoms with E-state index in [1.54, 1.807) is 6.20 Å². The van der Waals surface area contributed by atoms with E-state index in [-0.39, 0.29) is 5.56 Å². The van der Waals surface area contributed by atoms with Crippen LogP contribution in [0.4, 0.5) is 0 Å². The zero-order valence-electron chi connectivity index (χ0n) is 11.7. The van der Waals surface area contributed by atoms with E-state index in [0.29, 0.717) is 13.1 Å². The molecule has 1 aromatic heterocycles. The topological polar surface area (TPSA) is 46.9 Å². The van der Waals surface area contributed by atoms with Gasteiger partial charge in [0, 0.05) is 18.5 Å². The predicted molar refractivity (Wildman–Crippen MR) is 84.2 cm³/mol. The van der Waals surface area contributed by atoms with Crippen molar-refractivity contribution in [3.63, 3.8) is 0 Å². The van der Waals surface area contributed by atoms with Gasteiger partial charge in [-0.15, -0.1) is 0 Å². The molecule has 0 unspecified atom stereocenters. The van der Waals surface area contributed by atoms with Crippen LogP contribution in [0.2, 0.25) is 0 Å². The van der Waals surface area contributed by atoms with Crippen LogP contribution in [0.25, 0.3) is 10.8 Å². The van der Waals surface area contributed by atoms with Crippen molar-refractivity contribution in [2.24, 2.45) is 0 Å². The van der Waals surface area contributed by atoms with Crippen molar-refractivity contribution in [2.75, 3.05) is 6.54 Å². The van der Waals surface area contributed by atoms with Gasteiger partial charge in [0.15, 0.2) is 0 Å². The Hall–Kier alpha value is -2.46. The van der Waals surface area contributed by atoms with Crippen LogP contribution in [0.5, 0.6) is 0 Å². The minimum atomic E-state index is -0.0328. The van der Waals surface area contributed by atoms with Crippen molar-refractivity contribution in [2.45, 2.75) is 13.1 Å². The number of benzene rings is 2. The third-order valence-corrected chi connectivity index (χ3v) is 3.43. The van der Waals surface area contributed by atoms with Gasteiger partial charge in [-0.3, -0.25) is 4.79 Å². The Morgan fingerprint density at radius 2 is 1.76 bits per heavy atom. The van der Waals surface area contributed by atoms with Crippen LogP contribution in [0.1, 0.15) is 5.56 Å². The Bertz CT molecular complexity index is 781. The van der Waals surface area contributed by atoms with E-state index in [1.165, 1.54) is 10.2 Å². The highest BCUT2D eigenvalue weighted by Gasteiger charge is 2.02. The number of hydrogen-bond acceptors (Lipinski definition) is 3. The number of nitrogens with zero attached hydrogens (tertiary/aromatic N) is 2. The van der Waals surface area contributed by atoms with Gasteiger partial charge in [0.1, 0.15) is 0 Å². The van der Waals surface area contributed by atoms with Gasteiger partial charge in [-0.1, -0.05) is 48.5 Å². The summed E-state index contributed by atoms with van der Waals surface area (Å²) in [5.41, 5.74) is 1.20. The molecule has 0 aliphatic heterocycles. The standard InChI is InChI=1S/C17H17N3O/c21-17-16-9-5-4-8-15(16)13-19-20(17)11-10-18-12-14-6-2-1-3-7-14/h1-9,13,18H,10-12H2. The van der Waals surface area contributed by atoms with Crippen molar-refractivity contribution in [3.8, 4) is 0 Å². The van der Waals surface area contributed by atoms with Gasteiger partial charge in [-0.25, -0.2) is 4.68 Å². The predicted octanol–water partition coefficient (Wildman–Crippen LogP) is 2.19. The largest absolute Gasteiger partial charge is 0.311 e. The molecule has 0 aliphatic carbocycles. The molecule has 0 saturated carbocycles. The number of hydrogen-bond donors (Lipinski definition) is 1. The summed E-state index contributed by atoms with van der Waals surface area (Å²) < 4.78 is 1.51. The average molecular weight is 279 g/mol. The Balaban J connectivity index is 1.63. The first-order valence-corrected chi connectivity index (χ1v) is 7.04. The molecule has 21 heavy (non-hydrogen) atoms. The van der Waals surface area contributed by atoms with Crippen LogP contribution in [0, 0.1) is 0 Å². The SMILES string of the molecule is O=c1c2ccccc2cnn1CCNCc1ccccc1. The monoisotopic (exact) mass is 279 g/mol. The smallest absolute Gasteiger partial charge is 0.274 e. The van der Waals surface area contributed by atoms with Crippen molar-refractivity contribution < 1.29 is 0 Å². The van der Waals surface area contributed by atoms with E-state index in [1.807, 2.05) is 42.5 Å². The molecule has 106 valence electrons. The first-order valence-electron chi connectivity index (χ1n) is 7.04. The van der Waals surface area contributed by atoms with Gasteiger partial charge in [0.2, 0.25) is 0 Å².